The Bertz CT molecular complexity index is 1160. The molecule has 0 saturated carbocycles. The molecule has 0 heterocycles. The number of methoxy groups -OCH3 is 1. The molecule has 0 amide bonds. The maximum Gasteiger partial charge on any atom is 0.120 e. The molecule has 1 atom stereocenters. The maximum absolute atomic E-state index is 9.84. The first-order chi connectivity index (χ1) is 19.1. The third-order valence-corrected chi connectivity index (χ3v) is 7.56. The Balaban J connectivity index is 1.25. The van der Waals surface area contributed by atoms with E-state index >= 15 is 0 Å². The van der Waals surface area contributed by atoms with Crippen molar-refractivity contribution >= 4 is 5.69 Å². The first kappa shape index (κ1) is 28.8. The van der Waals surface area contributed by atoms with Crippen LogP contribution < -0.4 is 14.8 Å². The molecule has 6 nitrogen and oxygen atoms in total. The number of likely N-dealkylation sites (N-methyl/N-ethyl adjacent to an activating group) is 1. The number of rotatable bonds is 15. The molecule has 2 N–H and O–H groups in total. The van der Waals surface area contributed by atoms with Crippen LogP contribution in [0.1, 0.15) is 47.9 Å². The molecule has 0 aromatic heterocycles. The zero-order valence-corrected chi connectivity index (χ0v) is 23.7. The van der Waals surface area contributed by atoms with Crippen molar-refractivity contribution in [3.05, 3.63) is 82.9 Å². The van der Waals surface area contributed by atoms with E-state index in [-0.39, 0.29) is 0 Å². The lowest BCUT2D eigenvalue weighted by atomic mass is 9.79. The molecule has 1 aliphatic rings. The second kappa shape index (κ2) is 14.8. The number of ether oxygens (including phenoxy) is 3. The van der Waals surface area contributed by atoms with Crippen LogP contribution in [0.25, 0.3) is 0 Å². The lowest BCUT2D eigenvalue weighted by Crippen LogP contribution is -2.27. The molecule has 0 fully saturated rings. The van der Waals surface area contributed by atoms with Gasteiger partial charge in [0.25, 0.3) is 0 Å². The number of aryl methyl sites for hydroxylation is 2. The normalized spacial score (nSPS) is 14.7. The summed E-state index contributed by atoms with van der Waals surface area (Å²) in [7, 11) is 3.81. The van der Waals surface area contributed by atoms with Crippen molar-refractivity contribution in [2.24, 2.45) is 0 Å². The number of phenols is 1. The van der Waals surface area contributed by atoms with Crippen molar-refractivity contribution in [3.8, 4) is 17.2 Å². The van der Waals surface area contributed by atoms with E-state index in [1.165, 1.54) is 22.3 Å². The highest BCUT2D eigenvalue weighted by Gasteiger charge is 2.23. The average Bonchev–Trinajstić information content (AvgIpc) is 2.96. The highest BCUT2D eigenvalue weighted by molar-refractivity contribution is 5.57. The van der Waals surface area contributed by atoms with Gasteiger partial charge in [0.2, 0.25) is 0 Å². The summed E-state index contributed by atoms with van der Waals surface area (Å²) >= 11 is 0. The molecule has 0 spiro atoms. The molecule has 0 saturated heterocycles. The first-order valence-corrected chi connectivity index (χ1v) is 14.3. The number of phenolic OH excluding ortho intramolecular Hbond substituents is 1. The standard InChI is InChI=1S/C33H44N2O4/c1-4-38-20-18-35(2)19-21-39-30-13-7-25(8-14-30)6-5-17-34-33-24-31(37-3)15-16-32(33)28-10-9-27-23-29(36)12-11-26(27)22-28/h7-8,11-16,23-24,28,34,36H,4-6,9-10,17-22H2,1-3H3/t28-/m1/s1. The van der Waals surface area contributed by atoms with Gasteiger partial charge in [-0.25, -0.2) is 0 Å². The SMILES string of the molecule is CCOCCN(C)CCOc1ccc(CCCNc2cc(OC)ccc2[C@@H]2CCc3cc(O)ccc3C2)cc1. The van der Waals surface area contributed by atoms with Crippen LogP contribution in [0.5, 0.6) is 17.2 Å². The topological polar surface area (TPSA) is 63.2 Å². The predicted octanol–water partition coefficient (Wildman–Crippen LogP) is 6.07. The van der Waals surface area contributed by atoms with Crippen LogP contribution in [0.3, 0.4) is 0 Å². The second-order valence-electron chi connectivity index (χ2n) is 10.4. The van der Waals surface area contributed by atoms with E-state index in [0.29, 0.717) is 18.3 Å². The van der Waals surface area contributed by atoms with Crippen molar-refractivity contribution in [3.63, 3.8) is 0 Å². The molecular formula is C33H44N2O4. The Labute approximate surface area is 233 Å². The van der Waals surface area contributed by atoms with E-state index in [9.17, 15) is 5.11 Å². The maximum atomic E-state index is 9.84. The minimum absolute atomic E-state index is 0.359. The number of benzene rings is 3. The van der Waals surface area contributed by atoms with Gasteiger partial charge in [-0.1, -0.05) is 24.3 Å². The van der Waals surface area contributed by atoms with Crippen molar-refractivity contribution in [2.45, 2.75) is 44.9 Å². The molecule has 0 radical (unpaired) electrons. The molecule has 0 unspecified atom stereocenters. The predicted molar refractivity (Wildman–Crippen MR) is 159 cm³/mol. The Morgan fingerprint density at radius 2 is 1.74 bits per heavy atom. The molecule has 1 aliphatic carbocycles. The van der Waals surface area contributed by atoms with E-state index in [2.05, 4.69) is 65.8 Å². The third-order valence-electron chi connectivity index (χ3n) is 7.56. The van der Waals surface area contributed by atoms with Crippen LogP contribution in [0.15, 0.2) is 60.7 Å². The minimum Gasteiger partial charge on any atom is -0.508 e. The lowest BCUT2D eigenvalue weighted by molar-refractivity contribution is 0.116. The lowest BCUT2D eigenvalue weighted by Gasteiger charge is -2.27. The number of anilines is 1. The van der Waals surface area contributed by atoms with Gasteiger partial charge in [-0.3, -0.25) is 0 Å². The van der Waals surface area contributed by atoms with Crippen molar-refractivity contribution < 1.29 is 19.3 Å². The Hall–Kier alpha value is -3.22. The van der Waals surface area contributed by atoms with Crippen LogP contribution in [0, 0.1) is 0 Å². The van der Waals surface area contributed by atoms with Crippen LogP contribution in [0.2, 0.25) is 0 Å². The quantitative estimate of drug-likeness (QED) is 0.232. The fraction of sp³-hybridized carbons (Fsp3) is 0.455. The summed E-state index contributed by atoms with van der Waals surface area (Å²) in [4.78, 5) is 2.23. The Kier molecular flexibility index (Phi) is 10.9. The average molecular weight is 533 g/mol. The van der Waals surface area contributed by atoms with Gasteiger partial charge in [0, 0.05) is 38.0 Å². The van der Waals surface area contributed by atoms with Crippen LogP contribution in [-0.2, 0) is 24.0 Å². The first-order valence-electron chi connectivity index (χ1n) is 14.3. The van der Waals surface area contributed by atoms with Gasteiger partial charge in [0.05, 0.1) is 13.7 Å². The van der Waals surface area contributed by atoms with Gasteiger partial charge in [0.1, 0.15) is 23.9 Å². The van der Waals surface area contributed by atoms with E-state index in [4.69, 9.17) is 14.2 Å². The highest BCUT2D eigenvalue weighted by Crippen LogP contribution is 2.38. The number of fused-ring (bicyclic) bond motifs is 1. The Morgan fingerprint density at radius 1 is 0.949 bits per heavy atom. The van der Waals surface area contributed by atoms with Crippen molar-refractivity contribution in [1.29, 1.82) is 0 Å². The zero-order chi connectivity index (χ0) is 27.5. The fourth-order valence-corrected chi connectivity index (χ4v) is 5.24. The molecule has 4 rings (SSSR count). The van der Waals surface area contributed by atoms with E-state index in [1.807, 2.05) is 13.0 Å². The summed E-state index contributed by atoms with van der Waals surface area (Å²) in [5, 5.41) is 13.5. The molecule has 210 valence electrons. The Morgan fingerprint density at radius 3 is 2.54 bits per heavy atom. The molecule has 6 heteroatoms. The monoisotopic (exact) mass is 532 g/mol. The van der Waals surface area contributed by atoms with Gasteiger partial charge in [-0.2, -0.15) is 0 Å². The summed E-state index contributed by atoms with van der Waals surface area (Å²) in [6, 6.07) is 20.7. The van der Waals surface area contributed by atoms with Crippen molar-refractivity contribution in [2.75, 3.05) is 58.9 Å². The molecule has 0 bridgehead atoms. The summed E-state index contributed by atoms with van der Waals surface area (Å²) < 4.78 is 16.9. The van der Waals surface area contributed by atoms with Crippen LogP contribution >= 0.6 is 0 Å². The molecule has 39 heavy (non-hydrogen) atoms. The van der Waals surface area contributed by atoms with Crippen LogP contribution in [-0.4, -0.2) is 63.6 Å². The van der Waals surface area contributed by atoms with Crippen LogP contribution in [0.4, 0.5) is 5.69 Å². The fourth-order valence-electron chi connectivity index (χ4n) is 5.24. The summed E-state index contributed by atoms with van der Waals surface area (Å²) in [5.41, 5.74) is 6.44. The molecule has 3 aromatic carbocycles. The van der Waals surface area contributed by atoms with Crippen molar-refractivity contribution in [1.82, 2.24) is 4.90 Å². The number of hydrogen-bond donors (Lipinski definition) is 2. The molecule has 0 aliphatic heterocycles. The van der Waals surface area contributed by atoms with E-state index in [1.54, 1.807) is 13.2 Å². The molecular weight excluding hydrogens is 488 g/mol. The zero-order valence-electron chi connectivity index (χ0n) is 23.7. The van der Waals surface area contributed by atoms with Gasteiger partial charge < -0.3 is 29.5 Å². The smallest absolute Gasteiger partial charge is 0.120 e. The van der Waals surface area contributed by atoms with Gasteiger partial charge >= 0.3 is 0 Å². The van der Waals surface area contributed by atoms with E-state index < -0.39 is 0 Å². The molecule has 3 aromatic rings. The summed E-state index contributed by atoms with van der Waals surface area (Å²) in [6.45, 7) is 6.90. The number of nitrogens with one attached hydrogen (secondary N) is 1. The van der Waals surface area contributed by atoms with Gasteiger partial charge in [-0.15, -0.1) is 0 Å². The van der Waals surface area contributed by atoms with Gasteiger partial charge in [-0.05, 0) is 105 Å². The number of hydrogen-bond acceptors (Lipinski definition) is 6. The second-order valence-corrected chi connectivity index (χ2v) is 10.4. The van der Waals surface area contributed by atoms with Gasteiger partial charge in [0.15, 0.2) is 0 Å². The number of aromatic hydroxyl groups is 1. The minimum atomic E-state index is 0.359. The summed E-state index contributed by atoms with van der Waals surface area (Å²) in [6.07, 6.45) is 5.11. The van der Waals surface area contributed by atoms with E-state index in [0.717, 1.165) is 82.1 Å². The highest BCUT2D eigenvalue weighted by atomic mass is 16.5. The number of nitrogens with zero attached hydrogens (tertiary/aromatic N) is 1. The largest absolute Gasteiger partial charge is 0.508 e. The third kappa shape index (κ3) is 8.64. The summed E-state index contributed by atoms with van der Waals surface area (Å²) in [5.74, 6) is 2.60.